The SMILES string of the molecule is CCCCCC(C=Cc1ccc(C)o1)(CC)c1nc(C(Cl)(Cl)Cl)nc(C(Cl)(Cl)Cl)n1. The summed E-state index contributed by atoms with van der Waals surface area (Å²) in [7, 11) is 0. The number of nitrogens with zero attached hydrogens (tertiary/aromatic N) is 3. The van der Waals surface area contributed by atoms with Gasteiger partial charge in [0.05, 0.1) is 0 Å². The number of rotatable bonds is 8. The van der Waals surface area contributed by atoms with Gasteiger partial charge in [-0.25, -0.2) is 15.0 Å². The molecule has 166 valence electrons. The maximum Gasteiger partial charge on any atom is 0.250 e. The van der Waals surface area contributed by atoms with E-state index in [-0.39, 0.29) is 11.6 Å². The Morgan fingerprint density at radius 2 is 1.43 bits per heavy atom. The van der Waals surface area contributed by atoms with Crippen LogP contribution < -0.4 is 0 Å². The Balaban J connectivity index is 2.64. The zero-order chi connectivity index (χ0) is 22.6. The van der Waals surface area contributed by atoms with Crippen LogP contribution in [0.5, 0.6) is 0 Å². The van der Waals surface area contributed by atoms with Gasteiger partial charge in [-0.15, -0.1) is 0 Å². The van der Waals surface area contributed by atoms with Gasteiger partial charge in [0.15, 0.2) is 11.6 Å². The number of hydrogen-bond acceptors (Lipinski definition) is 4. The molecule has 0 saturated carbocycles. The predicted octanol–water partition coefficient (Wildman–Crippen LogP) is 8.37. The molecule has 10 heteroatoms. The highest BCUT2D eigenvalue weighted by molar-refractivity contribution is 6.67. The van der Waals surface area contributed by atoms with Gasteiger partial charge in [0.1, 0.15) is 17.3 Å². The highest BCUT2D eigenvalue weighted by Crippen LogP contribution is 2.42. The Morgan fingerprint density at radius 3 is 1.87 bits per heavy atom. The van der Waals surface area contributed by atoms with E-state index < -0.39 is 13.0 Å². The van der Waals surface area contributed by atoms with Gasteiger partial charge in [0, 0.05) is 5.41 Å². The van der Waals surface area contributed by atoms with Gasteiger partial charge < -0.3 is 4.42 Å². The van der Waals surface area contributed by atoms with Crippen LogP contribution >= 0.6 is 69.6 Å². The fourth-order valence-corrected chi connectivity index (χ4v) is 3.56. The molecule has 0 saturated heterocycles. The molecule has 0 aromatic carbocycles. The molecule has 4 nitrogen and oxygen atoms in total. The van der Waals surface area contributed by atoms with Gasteiger partial charge in [-0.1, -0.05) is 109 Å². The third-order valence-electron chi connectivity index (χ3n) is 4.77. The molecular weight excluding hydrogens is 511 g/mol. The molecule has 0 bridgehead atoms. The molecule has 0 radical (unpaired) electrons. The van der Waals surface area contributed by atoms with E-state index in [1.165, 1.54) is 0 Å². The van der Waals surface area contributed by atoms with Crippen LogP contribution in [0, 0.1) is 6.92 Å². The lowest BCUT2D eigenvalue weighted by Gasteiger charge is -2.29. The highest BCUT2D eigenvalue weighted by atomic mass is 35.6. The Kier molecular flexibility index (Phi) is 9.19. The lowest BCUT2D eigenvalue weighted by molar-refractivity contribution is 0.418. The van der Waals surface area contributed by atoms with Crippen LogP contribution in [0.25, 0.3) is 6.08 Å². The van der Waals surface area contributed by atoms with Crippen LogP contribution in [-0.4, -0.2) is 15.0 Å². The molecule has 2 aromatic heterocycles. The standard InChI is InChI=1S/C20H23Cl6N3O/c1-4-6-7-11-18(5-2,12-10-14-9-8-13(3)30-14)15-27-16(19(21,22)23)29-17(28-15)20(24,25)26/h8-10,12H,4-7,11H2,1-3H3. The zero-order valence-corrected chi connectivity index (χ0v) is 21.4. The third kappa shape index (κ3) is 6.88. The van der Waals surface area contributed by atoms with E-state index in [0.717, 1.165) is 37.2 Å². The van der Waals surface area contributed by atoms with Crippen molar-refractivity contribution in [3.05, 3.63) is 47.2 Å². The van der Waals surface area contributed by atoms with Crippen LogP contribution in [0.15, 0.2) is 22.6 Å². The van der Waals surface area contributed by atoms with E-state index in [0.29, 0.717) is 12.2 Å². The Hall–Kier alpha value is -0.230. The maximum absolute atomic E-state index is 6.06. The fraction of sp³-hybridized carbons (Fsp3) is 0.550. The molecular formula is C20H23Cl6N3O. The smallest absolute Gasteiger partial charge is 0.250 e. The summed E-state index contributed by atoms with van der Waals surface area (Å²) in [5, 5.41) is 0. The third-order valence-corrected chi connectivity index (χ3v) is 5.79. The molecule has 2 heterocycles. The summed E-state index contributed by atoms with van der Waals surface area (Å²) in [5.74, 6) is 1.75. The molecule has 0 N–H and O–H groups in total. The lowest BCUT2D eigenvalue weighted by atomic mass is 9.78. The monoisotopic (exact) mass is 531 g/mol. The van der Waals surface area contributed by atoms with Gasteiger partial charge >= 0.3 is 0 Å². The van der Waals surface area contributed by atoms with Crippen molar-refractivity contribution in [1.29, 1.82) is 0 Å². The van der Waals surface area contributed by atoms with Gasteiger partial charge in [0.2, 0.25) is 7.59 Å². The summed E-state index contributed by atoms with van der Waals surface area (Å²) in [4.78, 5) is 13.0. The van der Waals surface area contributed by atoms with Crippen LogP contribution in [0.2, 0.25) is 0 Å². The average Bonchev–Trinajstić information content (AvgIpc) is 3.08. The molecule has 2 rings (SSSR count). The molecule has 1 unspecified atom stereocenters. The molecule has 0 amide bonds. The Labute approximate surface area is 207 Å². The first-order valence-corrected chi connectivity index (χ1v) is 11.8. The van der Waals surface area contributed by atoms with E-state index in [1.54, 1.807) is 0 Å². The first-order valence-electron chi connectivity index (χ1n) is 9.58. The van der Waals surface area contributed by atoms with E-state index in [1.807, 2.05) is 38.1 Å². The van der Waals surface area contributed by atoms with Crippen molar-refractivity contribution in [3.63, 3.8) is 0 Å². The first-order chi connectivity index (χ1) is 13.9. The van der Waals surface area contributed by atoms with Gasteiger partial charge in [-0.3, -0.25) is 0 Å². The first kappa shape index (κ1) is 26.0. The molecule has 0 aliphatic heterocycles. The second-order valence-corrected chi connectivity index (χ2v) is 11.6. The number of furan rings is 1. The minimum Gasteiger partial charge on any atom is -0.462 e. The zero-order valence-electron chi connectivity index (χ0n) is 16.9. The largest absolute Gasteiger partial charge is 0.462 e. The number of hydrogen-bond donors (Lipinski definition) is 0. The summed E-state index contributed by atoms with van der Waals surface area (Å²) in [6.45, 7) is 6.07. The predicted molar refractivity (Wildman–Crippen MR) is 127 cm³/mol. The van der Waals surface area contributed by atoms with Crippen molar-refractivity contribution in [2.75, 3.05) is 0 Å². The van der Waals surface area contributed by atoms with Crippen molar-refractivity contribution >= 4 is 75.7 Å². The molecule has 30 heavy (non-hydrogen) atoms. The second-order valence-electron chi connectivity index (χ2n) is 7.05. The van der Waals surface area contributed by atoms with Crippen LogP contribution in [-0.2, 0) is 13.0 Å². The number of unbranched alkanes of at least 4 members (excludes halogenated alkanes) is 2. The normalized spacial score (nSPS) is 15.0. The minimum absolute atomic E-state index is 0.0885. The second kappa shape index (κ2) is 10.6. The van der Waals surface area contributed by atoms with Gasteiger partial charge in [-0.05, 0) is 38.0 Å². The minimum atomic E-state index is -1.90. The van der Waals surface area contributed by atoms with E-state index >= 15 is 0 Å². The summed E-state index contributed by atoms with van der Waals surface area (Å²) < 4.78 is 1.88. The quantitative estimate of drug-likeness (QED) is 0.252. The number of allylic oxidation sites excluding steroid dienone is 1. The van der Waals surface area contributed by atoms with Crippen molar-refractivity contribution in [3.8, 4) is 0 Å². The Morgan fingerprint density at radius 1 is 0.867 bits per heavy atom. The maximum atomic E-state index is 6.06. The highest BCUT2D eigenvalue weighted by Gasteiger charge is 2.38. The lowest BCUT2D eigenvalue weighted by Crippen LogP contribution is -2.30. The fourth-order valence-electron chi connectivity index (χ4n) is 3.05. The van der Waals surface area contributed by atoms with Crippen LogP contribution in [0.3, 0.4) is 0 Å². The van der Waals surface area contributed by atoms with Crippen molar-refractivity contribution in [2.45, 2.75) is 65.9 Å². The molecule has 2 aromatic rings. The summed E-state index contributed by atoms with van der Waals surface area (Å²) in [6, 6.07) is 3.79. The molecule has 0 spiro atoms. The van der Waals surface area contributed by atoms with Crippen molar-refractivity contribution in [1.82, 2.24) is 15.0 Å². The molecule has 0 aliphatic carbocycles. The summed E-state index contributed by atoms with van der Waals surface area (Å²) >= 11 is 36.4. The summed E-state index contributed by atoms with van der Waals surface area (Å²) in [6.07, 6.45) is 8.41. The number of aryl methyl sites for hydroxylation is 1. The van der Waals surface area contributed by atoms with E-state index in [4.69, 9.17) is 74.0 Å². The van der Waals surface area contributed by atoms with Crippen LogP contribution in [0.1, 0.15) is 74.9 Å². The topological polar surface area (TPSA) is 51.8 Å². The number of aromatic nitrogens is 3. The molecule has 1 atom stereocenters. The average molecular weight is 534 g/mol. The van der Waals surface area contributed by atoms with E-state index in [2.05, 4.69) is 21.9 Å². The van der Waals surface area contributed by atoms with Gasteiger partial charge in [0.25, 0.3) is 0 Å². The van der Waals surface area contributed by atoms with Crippen LogP contribution in [0.4, 0.5) is 0 Å². The summed E-state index contributed by atoms with van der Waals surface area (Å²) in [5.41, 5.74) is -0.589. The molecule has 0 fully saturated rings. The van der Waals surface area contributed by atoms with Gasteiger partial charge in [-0.2, -0.15) is 0 Å². The van der Waals surface area contributed by atoms with E-state index in [9.17, 15) is 0 Å². The Bertz CT molecular complexity index is 840. The van der Waals surface area contributed by atoms with Crippen molar-refractivity contribution in [2.24, 2.45) is 0 Å². The number of alkyl halides is 6. The molecule has 0 aliphatic rings. The van der Waals surface area contributed by atoms with Crippen molar-refractivity contribution < 1.29 is 4.42 Å². The number of halogens is 6.